The van der Waals surface area contributed by atoms with E-state index < -0.39 is 6.43 Å². The summed E-state index contributed by atoms with van der Waals surface area (Å²) in [5.74, 6) is 0.492. The first-order valence-corrected chi connectivity index (χ1v) is 5.54. The molecule has 3 nitrogen and oxygen atoms in total. The van der Waals surface area contributed by atoms with Crippen LogP contribution >= 0.6 is 0 Å². The van der Waals surface area contributed by atoms with Crippen molar-refractivity contribution in [3.8, 4) is 0 Å². The van der Waals surface area contributed by atoms with Gasteiger partial charge in [-0.25, -0.2) is 8.78 Å². The van der Waals surface area contributed by atoms with Crippen LogP contribution in [0.1, 0.15) is 6.92 Å². The van der Waals surface area contributed by atoms with Gasteiger partial charge in [-0.1, -0.05) is 6.92 Å². The molecule has 2 N–H and O–H groups in total. The van der Waals surface area contributed by atoms with Crippen LogP contribution in [0.3, 0.4) is 0 Å². The third kappa shape index (κ3) is 4.86. The summed E-state index contributed by atoms with van der Waals surface area (Å²) in [6.07, 6.45) is -2.21. The largest absolute Gasteiger partial charge is 0.330 e. The van der Waals surface area contributed by atoms with Gasteiger partial charge >= 0.3 is 0 Å². The molecular weight excluding hydrogens is 200 g/mol. The maximum absolute atomic E-state index is 12.1. The van der Waals surface area contributed by atoms with E-state index in [0.29, 0.717) is 12.5 Å². The lowest BCUT2D eigenvalue weighted by atomic mass is 10.1. The molecule has 0 bridgehead atoms. The van der Waals surface area contributed by atoms with Crippen LogP contribution in [0, 0.1) is 5.92 Å². The molecule has 0 radical (unpaired) electrons. The molecule has 0 aromatic heterocycles. The Kier molecular flexibility index (Phi) is 5.42. The van der Waals surface area contributed by atoms with Gasteiger partial charge in [0, 0.05) is 32.7 Å². The van der Waals surface area contributed by atoms with Gasteiger partial charge in [-0.15, -0.1) is 0 Å². The fourth-order valence-corrected chi connectivity index (χ4v) is 1.86. The van der Waals surface area contributed by atoms with Crippen molar-refractivity contribution >= 4 is 0 Å². The van der Waals surface area contributed by atoms with E-state index in [1.54, 1.807) is 0 Å². The minimum absolute atomic E-state index is 0.0831. The second-order valence-electron chi connectivity index (χ2n) is 4.33. The van der Waals surface area contributed by atoms with Crippen LogP contribution in [-0.2, 0) is 0 Å². The van der Waals surface area contributed by atoms with E-state index in [9.17, 15) is 8.78 Å². The number of nitrogens with zero attached hydrogens (tertiary/aromatic N) is 2. The average Bonchev–Trinajstić information content (AvgIpc) is 2.20. The molecule has 0 aromatic carbocycles. The second kappa shape index (κ2) is 6.35. The highest BCUT2D eigenvalue weighted by atomic mass is 19.3. The highest BCUT2D eigenvalue weighted by Crippen LogP contribution is 2.06. The number of nitrogens with two attached hydrogens (primary N) is 1. The molecule has 90 valence electrons. The Bertz CT molecular complexity index is 170. The summed E-state index contributed by atoms with van der Waals surface area (Å²) >= 11 is 0. The Morgan fingerprint density at radius 3 is 1.93 bits per heavy atom. The molecule has 0 saturated carbocycles. The lowest BCUT2D eigenvalue weighted by molar-refractivity contribution is 0.0531. The lowest BCUT2D eigenvalue weighted by Crippen LogP contribution is -2.49. The molecule has 1 unspecified atom stereocenters. The zero-order valence-electron chi connectivity index (χ0n) is 9.33. The summed E-state index contributed by atoms with van der Waals surface area (Å²) < 4.78 is 24.2. The average molecular weight is 221 g/mol. The Labute approximate surface area is 90.2 Å². The minimum Gasteiger partial charge on any atom is -0.330 e. The van der Waals surface area contributed by atoms with Gasteiger partial charge in [-0.05, 0) is 12.5 Å². The van der Waals surface area contributed by atoms with Crippen LogP contribution in [0.15, 0.2) is 0 Å². The number of alkyl halides is 2. The molecule has 0 amide bonds. The second-order valence-corrected chi connectivity index (χ2v) is 4.33. The quantitative estimate of drug-likeness (QED) is 0.732. The molecule has 0 aliphatic carbocycles. The summed E-state index contributed by atoms with van der Waals surface area (Å²) in [7, 11) is 0. The van der Waals surface area contributed by atoms with Crippen molar-refractivity contribution in [1.82, 2.24) is 9.80 Å². The normalized spacial score (nSPS) is 22.2. The Morgan fingerprint density at radius 2 is 1.53 bits per heavy atom. The molecule has 1 fully saturated rings. The maximum atomic E-state index is 12.1. The van der Waals surface area contributed by atoms with Crippen LogP contribution in [-0.4, -0.2) is 62.0 Å². The first-order valence-electron chi connectivity index (χ1n) is 5.54. The van der Waals surface area contributed by atoms with Gasteiger partial charge in [-0.2, -0.15) is 0 Å². The predicted molar refractivity (Wildman–Crippen MR) is 57.1 cm³/mol. The highest BCUT2D eigenvalue weighted by Gasteiger charge is 2.20. The highest BCUT2D eigenvalue weighted by molar-refractivity contribution is 4.73. The summed E-state index contributed by atoms with van der Waals surface area (Å²) in [5, 5.41) is 0. The third-order valence-corrected chi connectivity index (χ3v) is 2.83. The molecule has 0 spiro atoms. The number of hydrogen-bond acceptors (Lipinski definition) is 3. The van der Waals surface area contributed by atoms with Crippen molar-refractivity contribution in [2.75, 3.05) is 45.8 Å². The summed E-state index contributed by atoms with van der Waals surface area (Å²) in [5.41, 5.74) is 5.55. The van der Waals surface area contributed by atoms with Crippen LogP contribution in [0.25, 0.3) is 0 Å². The van der Waals surface area contributed by atoms with Crippen LogP contribution < -0.4 is 5.73 Å². The van der Waals surface area contributed by atoms with Crippen molar-refractivity contribution in [3.63, 3.8) is 0 Å². The molecule has 1 atom stereocenters. The summed E-state index contributed by atoms with van der Waals surface area (Å²) in [6.45, 7) is 6.99. The van der Waals surface area contributed by atoms with Crippen LogP contribution in [0.4, 0.5) is 8.78 Å². The zero-order valence-corrected chi connectivity index (χ0v) is 9.33. The van der Waals surface area contributed by atoms with E-state index in [-0.39, 0.29) is 6.54 Å². The monoisotopic (exact) mass is 221 g/mol. The zero-order chi connectivity index (χ0) is 11.3. The molecule has 0 aromatic rings. The predicted octanol–water partition coefficient (Wildman–Crippen LogP) is 0.464. The van der Waals surface area contributed by atoms with Crippen molar-refractivity contribution in [3.05, 3.63) is 0 Å². The number of hydrogen-bond donors (Lipinski definition) is 1. The van der Waals surface area contributed by atoms with Gasteiger partial charge < -0.3 is 10.6 Å². The molecule has 15 heavy (non-hydrogen) atoms. The third-order valence-electron chi connectivity index (χ3n) is 2.83. The van der Waals surface area contributed by atoms with Gasteiger partial charge in [0.1, 0.15) is 0 Å². The molecule has 1 rings (SSSR count). The Hall–Kier alpha value is -0.260. The topological polar surface area (TPSA) is 32.5 Å². The molecule has 1 aliphatic heterocycles. The van der Waals surface area contributed by atoms with Gasteiger partial charge in [0.15, 0.2) is 0 Å². The molecular formula is C10H21F2N3. The minimum atomic E-state index is -2.21. The van der Waals surface area contributed by atoms with E-state index in [4.69, 9.17) is 5.73 Å². The van der Waals surface area contributed by atoms with Crippen molar-refractivity contribution in [1.29, 1.82) is 0 Å². The van der Waals surface area contributed by atoms with Crippen molar-refractivity contribution in [2.24, 2.45) is 11.7 Å². The van der Waals surface area contributed by atoms with Gasteiger partial charge in [0.25, 0.3) is 6.43 Å². The number of halogens is 2. The van der Waals surface area contributed by atoms with Crippen molar-refractivity contribution in [2.45, 2.75) is 13.3 Å². The first-order chi connectivity index (χ1) is 7.11. The van der Waals surface area contributed by atoms with E-state index in [2.05, 4.69) is 11.8 Å². The van der Waals surface area contributed by atoms with Gasteiger partial charge in [-0.3, -0.25) is 4.90 Å². The fourth-order valence-electron chi connectivity index (χ4n) is 1.86. The van der Waals surface area contributed by atoms with Crippen LogP contribution in [0.2, 0.25) is 0 Å². The SMILES string of the molecule is CC(CN)CN1CCN(CC(F)F)CC1. The van der Waals surface area contributed by atoms with E-state index in [0.717, 1.165) is 32.7 Å². The fraction of sp³-hybridized carbons (Fsp3) is 1.00. The van der Waals surface area contributed by atoms with E-state index >= 15 is 0 Å². The Morgan fingerprint density at radius 1 is 1.07 bits per heavy atom. The number of piperazine rings is 1. The molecule has 1 heterocycles. The van der Waals surface area contributed by atoms with Crippen LogP contribution in [0.5, 0.6) is 0 Å². The molecule has 1 aliphatic rings. The summed E-state index contributed by atoms with van der Waals surface area (Å²) in [6, 6.07) is 0. The molecule has 1 saturated heterocycles. The molecule has 5 heteroatoms. The Balaban J connectivity index is 2.18. The standard InChI is InChI=1S/C10H21F2N3/c1-9(6-13)7-14-2-4-15(5-3-14)8-10(11)12/h9-10H,2-8,13H2,1H3. The first kappa shape index (κ1) is 12.8. The summed E-state index contributed by atoms with van der Waals surface area (Å²) in [4.78, 5) is 4.13. The number of rotatable bonds is 5. The van der Waals surface area contributed by atoms with E-state index in [1.165, 1.54) is 0 Å². The van der Waals surface area contributed by atoms with E-state index in [1.807, 2.05) is 4.90 Å². The van der Waals surface area contributed by atoms with Gasteiger partial charge in [0.2, 0.25) is 0 Å². The lowest BCUT2D eigenvalue weighted by Gasteiger charge is -2.35. The van der Waals surface area contributed by atoms with Gasteiger partial charge in [0.05, 0.1) is 6.54 Å². The smallest absolute Gasteiger partial charge is 0.251 e. The maximum Gasteiger partial charge on any atom is 0.251 e. The van der Waals surface area contributed by atoms with Crippen molar-refractivity contribution < 1.29 is 8.78 Å².